The summed E-state index contributed by atoms with van der Waals surface area (Å²) in [5.41, 5.74) is 0.239. The number of primary sulfonamides is 1. The molecule has 1 amide bonds. The van der Waals surface area contributed by atoms with Crippen LogP contribution in [0.15, 0.2) is 17.0 Å². The van der Waals surface area contributed by atoms with Crippen molar-refractivity contribution in [2.75, 3.05) is 26.7 Å². The van der Waals surface area contributed by atoms with Crippen LogP contribution in [0, 0.1) is 5.82 Å². The second-order valence-electron chi connectivity index (χ2n) is 5.47. The normalized spacial score (nSPS) is 18.8. The van der Waals surface area contributed by atoms with Crippen molar-refractivity contribution in [1.82, 2.24) is 10.2 Å². The minimum Gasteiger partial charge on any atom is -0.492 e. The lowest BCUT2D eigenvalue weighted by Gasteiger charge is -2.34. The molecule has 1 saturated heterocycles. The molecule has 0 unspecified atom stereocenters. The number of halogens is 1. The average Bonchev–Trinajstić information content (AvgIpc) is 2.46. The molecule has 9 heteroatoms. The van der Waals surface area contributed by atoms with E-state index in [0.717, 1.165) is 13.2 Å². The first kappa shape index (κ1) is 17.6. The van der Waals surface area contributed by atoms with Crippen molar-refractivity contribution >= 4 is 15.9 Å². The highest BCUT2D eigenvalue weighted by Gasteiger charge is 2.25. The monoisotopic (exact) mass is 345 g/mol. The summed E-state index contributed by atoms with van der Waals surface area (Å²) in [4.78, 5) is 13.6. The van der Waals surface area contributed by atoms with Gasteiger partial charge in [-0.05, 0) is 24.6 Å². The Kier molecular flexibility index (Phi) is 5.23. The molecule has 0 bridgehead atoms. The highest BCUT2D eigenvalue weighted by molar-refractivity contribution is 7.89. The molecule has 1 fully saturated rings. The highest BCUT2D eigenvalue weighted by Crippen LogP contribution is 2.28. The number of amides is 1. The van der Waals surface area contributed by atoms with Gasteiger partial charge in [-0.15, -0.1) is 0 Å². The van der Waals surface area contributed by atoms with Crippen molar-refractivity contribution < 1.29 is 22.3 Å². The van der Waals surface area contributed by atoms with E-state index in [9.17, 15) is 17.6 Å². The maximum absolute atomic E-state index is 14.0. The summed E-state index contributed by atoms with van der Waals surface area (Å²) >= 11 is 0. The Hall–Kier alpha value is -1.71. The van der Waals surface area contributed by atoms with E-state index in [1.807, 2.05) is 6.92 Å². The lowest BCUT2D eigenvalue weighted by atomic mass is 10.1. The van der Waals surface area contributed by atoms with Crippen LogP contribution in [-0.4, -0.2) is 52.0 Å². The number of methoxy groups -OCH3 is 1. The summed E-state index contributed by atoms with van der Waals surface area (Å²) in [7, 11) is -3.01. The number of carbonyl (C=O) groups is 1. The van der Waals surface area contributed by atoms with E-state index in [1.165, 1.54) is 6.07 Å². The Bertz CT molecular complexity index is 708. The molecule has 23 heavy (non-hydrogen) atoms. The molecular weight excluding hydrogens is 325 g/mol. The van der Waals surface area contributed by atoms with Crippen LogP contribution in [0.5, 0.6) is 5.75 Å². The Balaban J connectivity index is 2.30. The fourth-order valence-electron chi connectivity index (χ4n) is 2.62. The summed E-state index contributed by atoms with van der Waals surface area (Å²) in [5, 5.41) is 8.26. The predicted octanol–water partition coefficient (Wildman–Crippen LogP) is -0.155. The number of benzene rings is 1. The molecule has 0 aromatic heterocycles. The summed E-state index contributed by atoms with van der Waals surface area (Å²) in [6, 6.07) is 2.30. The largest absolute Gasteiger partial charge is 0.492 e. The Morgan fingerprint density at radius 2 is 2.22 bits per heavy atom. The number of nitrogens with zero attached hydrogens (tertiary/aromatic N) is 1. The van der Waals surface area contributed by atoms with Crippen LogP contribution in [0.1, 0.15) is 12.5 Å². The number of carbonyl (C=O) groups excluding carboxylic acids is 1. The number of hydrogen-bond donors (Lipinski definition) is 2. The Morgan fingerprint density at radius 1 is 1.52 bits per heavy atom. The topological polar surface area (TPSA) is 102 Å². The minimum absolute atomic E-state index is 0.0251. The van der Waals surface area contributed by atoms with Gasteiger partial charge in [0.1, 0.15) is 4.90 Å². The van der Waals surface area contributed by atoms with Crippen LogP contribution in [0.2, 0.25) is 0 Å². The number of ether oxygens (including phenoxy) is 1. The van der Waals surface area contributed by atoms with Gasteiger partial charge >= 0.3 is 0 Å². The number of piperazine rings is 1. The molecule has 0 radical (unpaired) electrons. The third-order valence-electron chi connectivity index (χ3n) is 3.76. The van der Waals surface area contributed by atoms with Gasteiger partial charge < -0.3 is 15.0 Å². The van der Waals surface area contributed by atoms with Crippen molar-refractivity contribution in [1.29, 1.82) is 0 Å². The summed E-state index contributed by atoms with van der Waals surface area (Å²) in [6.07, 6.45) is -0.103. The number of nitrogens with one attached hydrogen (secondary N) is 1. The van der Waals surface area contributed by atoms with Crippen LogP contribution < -0.4 is 15.2 Å². The van der Waals surface area contributed by atoms with Crippen molar-refractivity contribution in [3.63, 3.8) is 0 Å². The second kappa shape index (κ2) is 6.81. The quantitative estimate of drug-likeness (QED) is 0.790. The van der Waals surface area contributed by atoms with Crippen LogP contribution >= 0.6 is 0 Å². The fourth-order valence-corrected chi connectivity index (χ4v) is 3.38. The molecular formula is C14H20FN3O4S. The Labute approximate surface area is 134 Å². The predicted molar refractivity (Wildman–Crippen MR) is 82.1 cm³/mol. The zero-order valence-corrected chi connectivity index (χ0v) is 13.8. The van der Waals surface area contributed by atoms with Crippen LogP contribution in [0.3, 0.4) is 0 Å². The standard InChI is InChI=1S/C14H20FN3O4S/c1-9-8-17-3-4-18(9)13(19)7-10-5-11(15)14(22-2)12(6-10)23(16,20)21/h5-6,9,17H,3-4,7-8H2,1-2H3,(H2,16,20,21)/t9-/m1/s1. The third-order valence-corrected chi connectivity index (χ3v) is 4.67. The third kappa shape index (κ3) is 3.98. The van der Waals surface area contributed by atoms with Gasteiger partial charge in [-0.1, -0.05) is 0 Å². The molecule has 0 aliphatic carbocycles. The minimum atomic E-state index is -4.16. The van der Waals surface area contributed by atoms with Crippen molar-refractivity contribution in [3.8, 4) is 5.75 Å². The molecule has 2 rings (SSSR count). The summed E-state index contributed by atoms with van der Waals surface area (Å²) < 4.78 is 42.0. The van der Waals surface area contributed by atoms with Crippen LogP contribution in [0.25, 0.3) is 0 Å². The highest BCUT2D eigenvalue weighted by atomic mass is 32.2. The smallest absolute Gasteiger partial charge is 0.241 e. The van der Waals surface area contributed by atoms with Gasteiger partial charge in [-0.25, -0.2) is 17.9 Å². The lowest BCUT2D eigenvalue weighted by molar-refractivity contribution is -0.133. The van der Waals surface area contributed by atoms with E-state index >= 15 is 0 Å². The van der Waals surface area contributed by atoms with E-state index in [0.29, 0.717) is 19.6 Å². The van der Waals surface area contributed by atoms with Crippen LogP contribution in [-0.2, 0) is 21.2 Å². The molecule has 1 atom stereocenters. The SMILES string of the molecule is COc1c(F)cc(CC(=O)N2CCNC[C@H]2C)cc1S(N)(=O)=O. The summed E-state index contributed by atoms with van der Waals surface area (Å²) in [5.74, 6) is -1.50. The van der Waals surface area contributed by atoms with Crippen molar-refractivity contribution in [3.05, 3.63) is 23.5 Å². The van der Waals surface area contributed by atoms with Gasteiger partial charge in [-0.2, -0.15) is 0 Å². The molecule has 0 spiro atoms. The molecule has 1 aliphatic rings. The average molecular weight is 345 g/mol. The molecule has 1 aromatic rings. The maximum atomic E-state index is 14.0. The second-order valence-corrected chi connectivity index (χ2v) is 7.00. The molecule has 1 heterocycles. The fraction of sp³-hybridized carbons (Fsp3) is 0.500. The Morgan fingerprint density at radius 3 is 2.78 bits per heavy atom. The maximum Gasteiger partial charge on any atom is 0.241 e. The molecule has 3 N–H and O–H groups in total. The van der Waals surface area contributed by atoms with Gasteiger partial charge in [0.2, 0.25) is 15.9 Å². The zero-order chi connectivity index (χ0) is 17.2. The van der Waals surface area contributed by atoms with E-state index in [1.54, 1.807) is 4.90 Å². The number of hydrogen-bond acceptors (Lipinski definition) is 5. The van der Waals surface area contributed by atoms with Gasteiger partial charge in [0.15, 0.2) is 11.6 Å². The van der Waals surface area contributed by atoms with E-state index in [2.05, 4.69) is 5.32 Å². The zero-order valence-electron chi connectivity index (χ0n) is 13.0. The molecule has 7 nitrogen and oxygen atoms in total. The first-order chi connectivity index (χ1) is 10.7. The van der Waals surface area contributed by atoms with E-state index in [-0.39, 0.29) is 23.9 Å². The van der Waals surface area contributed by atoms with Crippen LogP contribution in [0.4, 0.5) is 4.39 Å². The van der Waals surface area contributed by atoms with Crippen molar-refractivity contribution in [2.24, 2.45) is 5.14 Å². The number of nitrogens with two attached hydrogens (primary N) is 1. The molecule has 0 saturated carbocycles. The van der Waals surface area contributed by atoms with Gasteiger partial charge in [0.25, 0.3) is 0 Å². The summed E-state index contributed by atoms with van der Waals surface area (Å²) in [6.45, 7) is 3.84. The lowest BCUT2D eigenvalue weighted by Crippen LogP contribution is -2.52. The molecule has 1 aliphatic heterocycles. The molecule has 1 aromatic carbocycles. The van der Waals surface area contributed by atoms with E-state index < -0.39 is 26.5 Å². The number of rotatable bonds is 4. The van der Waals surface area contributed by atoms with Gasteiger partial charge in [0, 0.05) is 25.7 Å². The molecule has 128 valence electrons. The first-order valence-corrected chi connectivity index (χ1v) is 8.68. The van der Waals surface area contributed by atoms with Gasteiger partial charge in [-0.3, -0.25) is 4.79 Å². The first-order valence-electron chi connectivity index (χ1n) is 7.13. The van der Waals surface area contributed by atoms with Crippen molar-refractivity contribution in [2.45, 2.75) is 24.3 Å². The number of sulfonamides is 1. The van der Waals surface area contributed by atoms with Gasteiger partial charge in [0.05, 0.1) is 13.5 Å². The van der Waals surface area contributed by atoms with E-state index in [4.69, 9.17) is 9.88 Å².